The van der Waals surface area contributed by atoms with Crippen LogP contribution < -0.4 is 10.6 Å². The van der Waals surface area contributed by atoms with Crippen molar-refractivity contribution in [1.82, 2.24) is 4.90 Å². The van der Waals surface area contributed by atoms with E-state index < -0.39 is 0 Å². The number of piperidine rings is 1. The molecule has 1 aromatic rings. The highest BCUT2D eigenvalue weighted by Crippen LogP contribution is 2.21. The minimum Gasteiger partial charge on any atom is -0.370 e. The molecule has 1 aliphatic heterocycles. The number of hydrogen-bond acceptors (Lipinski definition) is 3. The molecule has 2 rings (SSSR count). The van der Waals surface area contributed by atoms with Gasteiger partial charge in [0.15, 0.2) is 0 Å². The van der Waals surface area contributed by atoms with E-state index in [-0.39, 0.29) is 0 Å². The van der Waals surface area contributed by atoms with Crippen LogP contribution in [0.25, 0.3) is 0 Å². The van der Waals surface area contributed by atoms with Gasteiger partial charge in [0.2, 0.25) is 0 Å². The molecule has 3 heteroatoms. The zero-order valence-electron chi connectivity index (χ0n) is 10.7. The highest BCUT2D eigenvalue weighted by Gasteiger charge is 2.22. The second kappa shape index (κ2) is 6.03. The van der Waals surface area contributed by atoms with Crippen molar-refractivity contribution in [3.05, 3.63) is 30.3 Å². The molecule has 0 amide bonds. The Kier molecular flexibility index (Phi) is 4.40. The maximum atomic E-state index is 5.63. The Morgan fingerprint density at radius 3 is 2.82 bits per heavy atom. The fraction of sp³-hybridized carbons (Fsp3) is 0.571. The fourth-order valence-corrected chi connectivity index (χ4v) is 2.57. The van der Waals surface area contributed by atoms with E-state index in [4.69, 9.17) is 5.73 Å². The molecule has 0 radical (unpaired) electrons. The molecule has 0 bridgehead atoms. The van der Waals surface area contributed by atoms with Gasteiger partial charge in [0.25, 0.3) is 0 Å². The third-order valence-corrected chi connectivity index (χ3v) is 3.62. The molecule has 1 heterocycles. The van der Waals surface area contributed by atoms with Crippen LogP contribution >= 0.6 is 0 Å². The lowest BCUT2D eigenvalue weighted by atomic mass is 10.0. The average Bonchev–Trinajstić information content (AvgIpc) is 2.40. The summed E-state index contributed by atoms with van der Waals surface area (Å²) in [5.74, 6) is 0. The molecule has 0 saturated carbocycles. The van der Waals surface area contributed by atoms with Crippen LogP contribution in [0, 0.1) is 0 Å². The summed E-state index contributed by atoms with van der Waals surface area (Å²) in [5, 5.41) is 0. The number of anilines is 1. The summed E-state index contributed by atoms with van der Waals surface area (Å²) >= 11 is 0. The molecule has 17 heavy (non-hydrogen) atoms. The normalized spacial score (nSPS) is 20.9. The van der Waals surface area contributed by atoms with Crippen LogP contribution in [0.15, 0.2) is 30.3 Å². The first kappa shape index (κ1) is 12.4. The zero-order valence-corrected chi connectivity index (χ0v) is 10.7. The number of rotatable bonds is 4. The molecule has 1 saturated heterocycles. The van der Waals surface area contributed by atoms with Crippen molar-refractivity contribution in [2.75, 3.05) is 38.1 Å². The van der Waals surface area contributed by atoms with Crippen molar-refractivity contribution < 1.29 is 0 Å². The number of likely N-dealkylation sites (N-methyl/N-ethyl adjacent to an activating group) is 1. The van der Waals surface area contributed by atoms with Crippen LogP contribution in [0.2, 0.25) is 0 Å². The van der Waals surface area contributed by atoms with Crippen LogP contribution in [0.5, 0.6) is 0 Å². The standard InChI is InChI=1S/C14H23N3/c1-16(11-9-15)14-8-5-10-17(12-14)13-6-3-2-4-7-13/h2-4,6-7,14H,5,8-12,15H2,1H3. The SMILES string of the molecule is CN(CCN)C1CCCN(c2ccccc2)C1. The summed E-state index contributed by atoms with van der Waals surface area (Å²) < 4.78 is 0. The smallest absolute Gasteiger partial charge is 0.0366 e. The van der Waals surface area contributed by atoms with Gasteiger partial charge >= 0.3 is 0 Å². The van der Waals surface area contributed by atoms with Crippen LogP contribution in [0.4, 0.5) is 5.69 Å². The van der Waals surface area contributed by atoms with E-state index in [9.17, 15) is 0 Å². The average molecular weight is 233 g/mol. The van der Waals surface area contributed by atoms with E-state index in [2.05, 4.69) is 47.2 Å². The lowest BCUT2D eigenvalue weighted by Gasteiger charge is -2.38. The van der Waals surface area contributed by atoms with Gasteiger partial charge < -0.3 is 15.5 Å². The van der Waals surface area contributed by atoms with E-state index in [1.54, 1.807) is 0 Å². The molecular formula is C14H23N3. The predicted molar refractivity (Wildman–Crippen MR) is 73.4 cm³/mol. The maximum absolute atomic E-state index is 5.63. The highest BCUT2D eigenvalue weighted by molar-refractivity contribution is 5.46. The minimum atomic E-state index is 0.646. The summed E-state index contributed by atoms with van der Waals surface area (Å²) in [6.45, 7) is 4.04. The van der Waals surface area contributed by atoms with Crippen molar-refractivity contribution >= 4 is 5.69 Å². The molecule has 1 aromatic carbocycles. The van der Waals surface area contributed by atoms with Crippen molar-refractivity contribution in [2.24, 2.45) is 5.73 Å². The Balaban J connectivity index is 1.97. The molecule has 1 atom stereocenters. The Morgan fingerprint density at radius 1 is 1.35 bits per heavy atom. The summed E-state index contributed by atoms with van der Waals surface area (Å²) in [6.07, 6.45) is 2.56. The van der Waals surface area contributed by atoms with Gasteiger partial charge in [-0.05, 0) is 32.0 Å². The van der Waals surface area contributed by atoms with E-state index in [1.807, 2.05) is 0 Å². The Bertz CT molecular complexity index is 325. The third-order valence-electron chi connectivity index (χ3n) is 3.62. The molecule has 94 valence electrons. The first-order valence-corrected chi connectivity index (χ1v) is 6.51. The van der Waals surface area contributed by atoms with Gasteiger partial charge in [-0.1, -0.05) is 18.2 Å². The summed E-state index contributed by atoms with van der Waals surface area (Å²) in [4.78, 5) is 4.89. The van der Waals surface area contributed by atoms with Gasteiger partial charge in [-0.2, -0.15) is 0 Å². The van der Waals surface area contributed by atoms with Crippen molar-refractivity contribution in [3.63, 3.8) is 0 Å². The number of nitrogens with two attached hydrogens (primary N) is 1. The molecule has 0 aromatic heterocycles. The predicted octanol–water partition coefficient (Wildman–Crippen LogP) is 1.55. The second-order valence-corrected chi connectivity index (χ2v) is 4.85. The highest BCUT2D eigenvalue weighted by atomic mass is 15.2. The second-order valence-electron chi connectivity index (χ2n) is 4.85. The summed E-state index contributed by atoms with van der Waals surface area (Å²) in [7, 11) is 2.19. The van der Waals surface area contributed by atoms with Crippen molar-refractivity contribution in [3.8, 4) is 0 Å². The molecule has 1 fully saturated rings. The number of nitrogens with zero attached hydrogens (tertiary/aromatic N) is 2. The monoisotopic (exact) mass is 233 g/mol. The number of para-hydroxylation sites is 1. The third kappa shape index (κ3) is 3.20. The van der Waals surface area contributed by atoms with Crippen LogP contribution in [0.3, 0.4) is 0 Å². The maximum Gasteiger partial charge on any atom is 0.0366 e. The molecule has 2 N–H and O–H groups in total. The number of benzene rings is 1. The van der Waals surface area contributed by atoms with Gasteiger partial charge in [0.05, 0.1) is 0 Å². The van der Waals surface area contributed by atoms with Gasteiger partial charge in [0, 0.05) is 37.9 Å². The van der Waals surface area contributed by atoms with Crippen molar-refractivity contribution in [1.29, 1.82) is 0 Å². The van der Waals surface area contributed by atoms with Crippen LogP contribution in [0.1, 0.15) is 12.8 Å². The first-order valence-electron chi connectivity index (χ1n) is 6.51. The van der Waals surface area contributed by atoms with E-state index in [0.29, 0.717) is 6.04 Å². The Hall–Kier alpha value is -1.06. The molecule has 0 aliphatic carbocycles. The van der Waals surface area contributed by atoms with E-state index in [0.717, 1.165) is 19.6 Å². The quantitative estimate of drug-likeness (QED) is 0.856. The van der Waals surface area contributed by atoms with E-state index in [1.165, 1.54) is 25.1 Å². The Morgan fingerprint density at radius 2 is 2.12 bits per heavy atom. The van der Waals surface area contributed by atoms with Gasteiger partial charge in [-0.3, -0.25) is 0 Å². The minimum absolute atomic E-state index is 0.646. The topological polar surface area (TPSA) is 32.5 Å². The molecular weight excluding hydrogens is 210 g/mol. The molecule has 1 aliphatic rings. The van der Waals surface area contributed by atoms with Crippen LogP contribution in [-0.4, -0.2) is 44.2 Å². The van der Waals surface area contributed by atoms with E-state index >= 15 is 0 Å². The van der Waals surface area contributed by atoms with Crippen LogP contribution in [-0.2, 0) is 0 Å². The lowest BCUT2D eigenvalue weighted by Crippen LogP contribution is -2.47. The molecule has 1 unspecified atom stereocenters. The molecule has 0 spiro atoms. The van der Waals surface area contributed by atoms with Gasteiger partial charge in [-0.25, -0.2) is 0 Å². The summed E-state index contributed by atoms with van der Waals surface area (Å²) in [6, 6.07) is 11.3. The van der Waals surface area contributed by atoms with Gasteiger partial charge in [0.1, 0.15) is 0 Å². The Labute approximate surface area is 104 Å². The van der Waals surface area contributed by atoms with Crippen molar-refractivity contribution in [2.45, 2.75) is 18.9 Å². The lowest BCUT2D eigenvalue weighted by molar-refractivity contribution is 0.221. The zero-order chi connectivity index (χ0) is 12.1. The fourth-order valence-electron chi connectivity index (χ4n) is 2.57. The largest absolute Gasteiger partial charge is 0.370 e. The number of hydrogen-bond donors (Lipinski definition) is 1. The van der Waals surface area contributed by atoms with Gasteiger partial charge in [-0.15, -0.1) is 0 Å². The first-order chi connectivity index (χ1) is 8.31. The molecule has 3 nitrogen and oxygen atoms in total. The summed E-state index contributed by atoms with van der Waals surface area (Å²) in [5.41, 5.74) is 6.97.